The van der Waals surface area contributed by atoms with Gasteiger partial charge in [0.05, 0.1) is 0 Å². The van der Waals surface area contributed by atoms with Gasteiger partial charge < -0.3 is 5.32 Å². The van der Waals surface area contributed by atoms with E-state index >= 15 is 0 Å². The number of anilines is 1. The minimum absolute atomic E-state index is 0.410. The highest BCUT2D eigenvalue weighted by molar-refractivity contribution is 5.35. The minimum atomic E-state index is 0.410. The Morgan fingerprint density at radius 3 is 2.94 bits per heavy atom. The molecule has 0 aromatic carbocycles. The Balaban J connectivity index is 1.78. The number of rotatable bonds is 6. The molecule has 0 amide bonds. The van der Waals surface area contributed by atoms with Crippen LogP contribution in [0.2, 0.25) is 0 Å². The van der Waals surface area contributed by atoms with Crippen molar-refractivity contribution in [3.05, 3.63) is 23.9 Å². The monoisotopic (exact) mass is 247 g/mol. The van der Waals surface area contributed by atoms with Gasteiger partial charge >= 0.3 is 0 Å². The third-order valence-electron chi connectivity index (χ3n) is 2.55. The second-order valence-corrected chi connectivity index (χ2v) is 4.34. The van der Waals surface area contributed by atoms with Crippen LogP contribution in [0.15, 0.2) is 12.4 Å². The molecule has 0 unspecified atom stereocenters. The van der Waals surface area contributed by atoms with Crippen LogP contribution >= 0.6 is 0 Å². The van der Waals surface area contributed by atoms with E-state index in [1.54, 1.807) is 6.33 Å². The number of tetrazole rings is 1. The van der Waals surface area contributed by atoms with E-state index in [-0.39, 0.29) is 0 Å². The van der Waals surface area contributed by atoms with Crippen molar-refractivity contribution in [1.29, 1.82) is 0 Å². The number of H-pyrrole nitrogens is 1. The molecule has 0 aliphatic carbocycles. The van der Waals surface area contributed by atoms with E-state index in [1.165, 1.54) is 0 Å². The van der Waals surface area contributed by atoms with Crippen molar-refractivity contribution in [2.75, 3.05) is 11.9 Å². The van der Waals surface area contributed by atoms with Gasteiger partial charge in [-0.25, -0.2) is 9.97 Å². The predicted molar refractivity (Wildman–Crippen MR) is 67.1 cm³/mol. The van der Waals surface area contributed by atoms with E-state index in [4.69, 9.17) is 0 Å². The van der Waals surface area contributed by atoms with Gasteiger partial charge in [0.2, 0.25) is 0 Å². The summed E-state index contributed by atoms with van der Waals surface area (Å²) in [5.74, 6) is 2.01. The summed E-state index contributed by atoms with van der Waals surface area (Å²) >= 11 is 0. The largest absolute Gasteiger partial charge is 0.370 e. The third-order valence-corrected chi connectivity index (χ3v) is 2.55. The quantitative estimate of drug-likeness (QED) is 0.744. The van der Waals surface area contributed by atoms with Crippen molar-refractivity contribution in [3.8, 4) is 0 Å². The molecule has 0 aliphatic heterocycles. The van der Waals surface area contributed by atoms with Gasteiger partial charge in [-0.1, -0.05) is 19.1 Å². The first kappa shape index (κ1) is 12.4. The van der Waals surface area contributed by atoms with E-state index < -0.39 is 0 Å². The average Bonchev–Trinajstić information content (AvgIpc) is 2.88. The number of nitrogens with zero attached hydrogens (tertiary/aromatic N) is 5. The third kappa shape index (κ3) is 3.47. The maximum atomic E-state index is 4.22. The first-order chi connectivity index (χ1) is 8.75. The normalized spacial score (nSPS) is 10.8. The van der Waals surface area contributed by atoms with E-state index in [9.17, 15) is 0 Å². The summed E-state index contributed by atoms with van der Waals surface area (Å²) < 4.78 is 0. The molecule has 2 rings (SSSR count). The van der Waals surface area contributed by atoms with E-state index in [1.807, 2.05) is 6.07 Å². The Kier molecular flexibility index (Phi) is 4.16. The second-order valence-electron chi connectivity index (χ2n) is 4.34. The van der Waals surface area contributed by atoms with Gasteiger partial charge in [0.15, 0.2) is 5.82 Å². The fraction of sp³-hybridized carbons (Fsp3) is 0.545. The molecule has 0 radical (unpaired) electrons. The molecule has 0 spiro atoms. The molecule has 0 aliphatic rings. The maximum Gasteiger partial charge on any atom is 0.174 e. The molecule has 2 aromatic rings. The lowest BCUT2D eigenvalue weighted by molar-refractivity contribution is 0.794. The van der Waals surface area contributed by atoms with Gasteiger partial charge in [0.1, 0.15) is 12.1 Å². The van der Waals surface area contributed by atoms with Crippen LogP contribution in [0.25, 0.3) is 0 Å². The zero-order valence-electron chi connectivity index (χ0n) is 10.6. The van der Waals surface area contributed by atoms with Gasteiger partial charge in [-0.05, 0) is 12.3 Å². The molecule has 0 fully saturated rings. The van der Waals surface area contributed by atoms with Gasteiger partial charge in [0.25, 0.3) is 0 Å². The summed E-state index contributed by atoms with van der Waals surface area (Å²) in [5, 5.41) is 17.0. The number of aromatic amines is 1. The molecule has 2 aromatic heterocycles. The Labute approximate surface area is 105 Å². The first-order valence-corrected chi connectivity index (χ1v) is 6.04. The summed E-state index contributed by atoms with van der Waals surface area (Å²) in [5.41, 5.74) is 1.05. The zero-order valence-corrected chi connectivity index (χ0v) is 10.6. The summed E-state index contributed by atoms with van der Waals surface area (Å²) in [4.78, 5) is 8.41. The molecule has 0 atom stereocenters. The van der Waals surface area contributed by atoms with Crippen LogP contribution in [0, 0.1) is 0 Å². The summed E-state index contributed by atoms with van der Waals surface area (Å²) in [7, 11) is 0. The van der Waals surface area contributed by atoms with Gasteiger partial charge in [0, 0.05) is 24.7 Å². The highest BCUT2D eigenvalue weighted by atomic mass is 15.5. The van der Waals surface area contributed by atoms with Crippen LogP contribution in [-0.4, -0.2) is 37.1 Å². The second kappa shape index (κ2) is 6.04. The number of aromatic nitrogens is 6. The van der Waals surface area contributed by atoms with Crippen molar-refractivity contribution < 1.29 is 0 Å². The molecular weight excluding hydrogens is 230 g/mol. The predicted octanol–water partition coefficient (Wildman–Crippen LogP) is 1.16. The number of hydrogen-bond acceptors (Lipinski definition) is 6. The topological polar surface area (TPSA) is 92.3 Å². The van der Waals surface area contributed by atoms with E-state index in [2.05, 4.69) is 49.8 Å². The SMILES string of the molecule is CC(C)c1cc(NCCCc2nn[nH]n2)ncn1. The Bertz CT molecular complexity index is 466. The van der Waals surface area contributed by atoms with Crippen LogP contribution in [0.3, 0.4) is 0 Å². The van der Waals surface area contributed by atoms with Gasteiger partial charge in [-0.2, -0.15) is 5.21 Å². The molecule has 7 heteroatoms. The van der Waals surface area contributed by atoms with E-state index in [0.717, 1.165) is 36.7 Å². The van der Waals surface area contributed by atoms with Crippen LogP contribution in [-0.2, 0) is 6.42 Å². The van der Waals surface area contributed by atoms with E-state index in [0.29, 0.717) is 5.92 Å². The zero-order chi connectivity index (χ0) is 12.8. The maximum absolute atomic E-state index is 4.22. The average molecular weight is 247 g/mol. The lowest BCUT2D eigenvalue weighted by Crippen LogP contribution is -2.06. The standard InChI is InChI=1S/C11H17N7/c1-8(2)9-6-11(14-7-13-9)12-5-3-4-10-15-17-18-16-10/h6-8H,3-5H2,1-2H3,(H,12,13,14)(H,15,16,17,18). The number of nitrogens with one attached hydrogen (secondary N) is 2. The molecule has 7 nitrogen and oxygen atoms in total. The fourth-order valence-corrected chi connectivity index (χ4v) is 1.54. The number of aryl methyl sites for hydroxylation is 1. The molecule has 18 heavy (non-hydrogen) atoms. The van der Waals surface area contributed by atoms with Crippen molar-refractivity contribution >= 4 is 5.82 Å². The fourth-order valence-electron chi connectivity index (χ4n) is 1.54. The first-order valence-electron chi connectivity index (χ1n) is 6.04. The van der Waals surface area contributed by atoms with Crippen molar-refractivity contribution in [2.24, 2.45) is 0 Å². The highest BCUT2D eigenvalue weighted by Crippen LogP contribution is 2.13. The summed E-state index contributed by atoms with van der Waals surface area (Å²) in [6.07, 6.45) is 3.32. The molecule has 2 N–H and O–H groups in total. The molecule has 0 saturated heterocycles. The summed E-state index contributed by atoms with van der Waals surface area (Å²) in [6.45, 7) is 5.05. The minimum Gasteiger partial charge on any atom is -0.370 e. The molecule has 96 valence electrons. The molecule has 2 heterocycles. The summed E-state index contributed by atoms with van der Waals surface area (Å²) in [6, 6.07) is 1.99. The Hall–Kier alpha value is -2.05. The van der Waals surface area contributed by atoms with Crippen LogP contribution in [0.4, 0.5) is 5.82 Å². The van der Waals surface area contributed by atoms with Crippen LogP contribution in [0.1, 0.15) is 37.7 Å². The molecule has 0 saturated carbocycles. The van der Waals surface area contributed by atoms with Gasteiger partial charge in [-0.15, -0.1) is 10.2 Å². The van der Waals surface area contributed by atoms with Crippen LogP contribution < -0.4 is 5.32 Å². The Morgan fingerprint density at radius 1 is 1.33 bits per heavy atom. The van der Waals surface area contributed by atoms with Crippen molar-refractivity contribution in [2.45, 2.75) is 32.6 Å². The smallest absolute Gasteiger partial charge is 0.174 e. The number of hydrogen-bond donors (Lipinski definition) is 2. The van der Waals surface area contributed by atoms with Gasteiger partial charge in [-0.3, -0.25) is 0 Å². The van der Waals surface area contributed by atoms with Crippen molar-refractivity contribution in [1.82, 2.24) is 30.6 Å². The van der Waals surface area contributed by atoms with Crippen molar-refractivity contribution in [3.63, 3.8) is 0 Å². The van der Waals surface area contributed by atoms with Crippen LogP contribution in [0.5, 0.6) is 0 Å². The lowest BCUT2D eigenvalue weighted by atomic mass is 10.1. The molecular formula is C11H17N7. The highest BCUT2D eigenvalue weighted by Gasteiger charge is 2.03. The Morgan fingerprint density at radius 2 is 2.22 bits per heavy atom. The lowest BCUT2D eigenvalue weighted by Gasteiger charge is -2.07. The molecule has 0 bridgehead atoms.